The van der Waals surface area contributed by atoms with Crippen molar-refractivity contribution in [1.29, 1.82) is 4.78 Å². The minimum Gasteiger partial charge on any atom is -0.478 e. The van der Waals surface area contributed by atoms with Gasteiger partial charge in [-0.3, -0.25) is 0 Å². The van der Waals surface area contributed by atoms with Gasteiger partial charge in [-0.05, 0) is 24.3 Å². The molecule has 0 aliphatic carbocycles. The smallest absolute Gasteiger partial charge is 0.478 e. The van der Waals surface area contributed by atoms with Crippen molar-refractivity contribution in [3.05, 3.63) is 29.8 Å². The van der Waals surface area contributed by atoms with Gasteiger partial charge in [-0.2, -0.15) is 13.2 Å². The lowest BCUT2D eigenvalue weighted by Crippen LogP contribution is -2.21. The Morgan fingerprint density at radius 2 is 1.69 bits per heavy atom. The average molecular weight is 253 g/mol. The minimum atomic E-state index is -5.17. The number of aromatic carboxylic acids is 1. The van der Waals surface area contributed by atoms with Crippen LogP contribution in [-0.4, -0.2) is 20.8 Å². The molecule has 1 rings (SSSR count). The van der Waals surface area contributed by atoms with Crippen LogP contribution in [0.15, 0.2) is 29.2 Å². The van der Waals surface area contributed by atoms with E-state index in [-0.39, 0.29) is 5.56 Å². The Labute approximate surface area is 88.7 Å². The third-order valence-electron chi connectivity index (χ3n) is 1.76. The molecule has 0 saturated carbocycles. The van der Waals surface area contributed by atoms with Crippen LogP contribution >= 0.6 is 0 Å². The predicted molar refractivity (Wildman–Crippen MR) is 48.6 cm³/mol. The molecule has 1 aromatic rings. The van der Waals surface area contributed by atoms with E-state index >= 15 is 0 Å². The van der Waals surface area contributed by atoms with Gasteiger partial charge >= 0.3 is 11.5 Å². The first-order chi connectivity index (χ1) is 7.16. The van der Waals surface area contributed by atoms with Crippen molar-refractivity contribution in [3.63, 3.8) is 0 Å². The van der Waals surface area contributed by atoms with Crippen molar-refractivity contribution in [2.24, 2.45) is 0 Å². The van der Waals surface area contributed by atoms with Gasteiger partial charge in [0, 0.05) is 0 Å². The maximum absolute atomic E-state index is 12.2. The highest BCUT2D eigenvalue weighted by atomic mass is 32.2. The Morgan fingerprint density at radius 3 is 2.00 bits per heavy atom. The van der Waals surface area contributed by atoms with Gasteiger partial charge in [0.25, 0.3) is 0 Å². The molecular formula is C8H6F3NO3S. The normalized spacial score (nSPS) is 15.4. The lowest BCUT2D eigenvalue weighted by atomic mass is 10.2. The molecule has 1 unspecified atom stereocenters. The van der Waals surface area contributed by atoms with Gasteiger partial charge in [0.05, 0.1) is 10.5 Å². The monoisotopic (exact) mass is 253 g/mol. The molecule has 16 heavy (non-hydrogen) atoms. The molecule has 0 fully saturated rings. The first-order valence-corrected chi connectivity index (χ1v) is 5.40. The van der Waals surface area contributed by atoms with Crippen LogP contribution in [-0.2, 0) is 9.73 Å². The number of carboxylic acid groups (broad SMARTS) is 1. The van der Waals surface area contributed by atoms with Crippen LogP contribution in [0.1, 0.15) is 10.4 Å². The summed E-state index contributed by atoms with van der Waals surface area (Å²) >= 11 is 0. The molecule has 0 amide bonds. The van der Waals surface area contributed by atoms with Crippen molar-refractivity contribution in [3.8, 4) is 0 Å². The fourth-order valence-electron chi connectivity index (χ4n) is 0.923. The Morgan fingerprint density at radius 1 is 1.25 bits per heavy atom. The molecular weight excluding hydrogens is 247 g/mol. The number of carboxylic acids is 1. The van der Waals surface area contributed by atoms with Crippen molar-refractivity contribution >= 4 is 15.7 Å². The van der Waals surface area contributed by atoms with Crippen LogP contribution in [0.2, 0.25) is 0 Å². The Hall–Kier alpha value is -1.57. The Balaban J connectivity index is 3.23. The van der Waals surface area contributed by atoms with Gasteiger partial charge in [0.1, 0.15) is 0 Å². The van der Waals surface area contributed by atoms with Gasteiger partial charge < -0.3 is 5.11 Å². The molecule has 8 heteroatoms. The summed E-state index contributed by atoms with van der Waals surface area (Å²) in [7, 11) is -4.91. The predicted octanol–water partition coefficient (Wildman–Crippen LogP) is 2.31. The Bertz CT molecular complexity index is 504. The number of benzene rings is 1. The van der Waals surface area contributed by atoms with E-state index in [1.54, 1.807) is 0 Å². The van der Waals surface area contributed by atoms with E-state index in [4.69, 9.17) is 9.89 Å². The Kier molecular flexibility index (Phi) is 2.95. The second-order valence-corrected chi connectivity index (χ2v) is 4.88. The molecule has 4 nitrogen and oxygen atoms in total. The van der Waals surface area contributed by atoms with Gasteiger partial charge in [-0.25, -0.2) is 13.8 Å². The lowest BCUT2D eigenvalue weighted by Gasteiger charge is -2.10. The molecule has 0 aliphatic rings. The molecule has 0 spiro atoms. The van der Waals surface area contributed by atoms with Crippen LogP contribution in [0.4, 0.5) is 13.2 Å². The van der Waals surface area contributed by atoms with E-state index < -0.39 is 26.1 Å². The third kappa shape index (κ3) is 2.16. The number of alkyl halides is 3. The van der Waals surface area contributed by atoms with E-state index in [2.05, 4.69) is 0 Å². The fourth-order valence-corrected chi connectivity index (χ4v) is 1.71. The SMILES string of the molecule is N=S(=O)(c1ccc(C(=O)O)cc1)C(F)(F)F. The van der Waals surface area contributed by atoms with E-state index in [9.17, 15) is 22.2 Å². The number of hydrogen-bond acceptors (Lipinski definition) is 3. The van der Waals surface area contributed by atoms with E-state index in [0.717, 1.165) is 24.3 Å². The molecule has 0 aliphatic heterocycles. The zero-order valence-electron chi connectivity index (χ0n) is 7.62. The molecule has 0 heterocycles. The number of nitrogens with one attached hydrogen (secondary N) is 1. The van der Waals surface area contributed by atoms with Crippen LogP contribution in [0.25, 0.3) is 0 Å². The van der Waals surface area contributed by atoms with Crippen molar-refractivity contribution < 1.29 is 27.3 Å². The van der Waals surface area contributed by atoms with Crippen molar-refractivity contribution in [2.45, 2.75) is 10.4 Å². The molecule has 0 aromatic heterocycles. The molecule has 0 bridgehead atoms. The zero-order chi connectivity index (χ0) is 12.6. The molecule has 2 N–H and O–H groups in total. The third-order valence-corrected chi connectivity index (χ3v) is 3.35. The molecule has 0 radical (unpaired) electrons. The highest BCUT2D eigenvalue weighted by Crippen LogP contribution is 2.30. The maximum Gasteiger partial charge on any atom is 0.483 e. The average Bonchev–Trinajstić information content (AvgIpc) is 2.16. The zero-order valence-corrected chi connectivity index (χ0v) is 8.43. The summed E-state index contributed by atoms with van der Waals surface area (Å²) in [5.41, 5.74) is -5.40. The van der Waals surface area contributed by atoms with Crippen LogP contribution in [0.5, 0.6) is 0 Å². The number of hydrogen-bond donors (Lipinski definition) is 2. The fraction of sp³-hybridized carbons (Fsp3) is 0.125. The van der Waals surface area contributed by atoms with Crippen molar-refractivity contribution in [2.75, 3.05) is 0 Å². The first-order valence-electron chi connectivity index (χ1n) is 3.85. The van der Waals surface area contributed by atoms with Crippen LogP contribution in [0.3, 0.4) is 0 Å². The largest absolute Gasteiger partial charge is 0.483 e. The standard InChI is InChI=1S/C8H6F3NO3S/c9-8(10,11)16(12,15)6-3-1-5(2-4-6)7(13)14/h1-4,12H,(H,13,14). The lowest BCUT2D eigenvalue weighted by molar-refractivity contribution is -0.0406. The quantitative estimate of drug-likeness (QED) is 0.848. The number of carbonyl (C=O) groups is 1. The number of halogens is 3. The summed E-state index contributed by atoms with van der Waals surface area (Å²) in [6.07, 6.45) is 0. The van der Waals surface area contributed by atoms with E-state index in [0.29, 0.717) is 0 Å². The molecule has 0 saturated heterocycles. The highest BCUT2D eigenvalue weighted by Gasteiger charge is 2.43. The van der Waals surface area contributed by atoms with Crippen molar-refractivity contribution in [1.82, 2.24) is 0 Å². The second kappa shape index (κ2) is 3.78. The van der Waals surface area contributed by atoms with Gasteiger partial charge in [0.2, 0.25) is 0 Å². The summed E-state index contributed by atoms with van der Waals surface area (Å²) in [4.78, 5) is 9.66. The summed E-state index contributed by atoms with van der Waals surface area (Å²) < 4.78 is 54.4. The summed E-state index contributed by atoms with van der Waals surface area (Å²) in [5.74, 6) is -1.31. The summed E-state index contributed by atoms with van der Waals surface area (Å²) in [6.45, 7) is 0. The van der Waals surface area contributed by atoms with E-state index in [1.807, 2.05) is 0 Å². The maximum atomic E-state index is 12.2. The van der Waals surface area contributed by atoms with Crippen LogP contribution < -0.4 is 0 Å². The molecule has 88 valence electrons. The van der Waals surface area contributed by atoms with Crippen LogP contribution in [0, 0.1) is 4.78 Å². The first kappa shape index (κ1) is 12.5. The molecule has 1 atom stereocenters. The van der Waals surface area contributed by atoms with Gasteiger partial charge in [-0.15, -0.1) is 0 Å². The minimum absolute atomic E-state index is 0.235. The van der Waals surface area contributed by atoms with Gasteiger partial charge in [0.15, 0.2) is 9.73 Å². The summed E-state index contributed by atoms with van der Waals surface area (Å²) in [6, 6.07) is 3.20. The highest BCUT2D eigenvalue weighted by molar-refractivity contribution is 7.93. The topological polar surface area (TPSA) is 78.2 Å². The van der Waals surface area contributed by atoms with E-state index in [1.165, 1.54) is 0 Å². The molecule has 1 aromatic carbocycles. The summed E-state index contributed by atoms with van der Waals surface area (Å²) in [5, 5.41) is 8.50. The van der Waals surface area contributed by atoms with Gasteiger partial charge in [-0.1, -0.05) is 0 Å². The second-order valence-electron chi connectivity index (χ2n) is 2.83. The number of rotatable bonds is 2.